The lowest BCUT2D eigenvalue weighted by atomic mass is 10.00. The van der Waals surface area contributed by atoms with Crippen LogP contribution in [0.25, 0.3) is 0 Å². The monoisotopic (exact) mass is 428 g/mol. The molecule has 0 aliphatic carbocycles. The Kier molecular flexibility index (Phi) is 5.80. The number of halogens is 2. The third-order valence-electron chi connectivity index (χ3n) is 4.03. The van der Waals surface area contributed by atoms with Crippen molar-refractivity contribution in [1.29, 1.82) is 0 Å². The molecule has 1 aliphatic rings. The number of hydrogen-bond donors (Lipinski definition) is 1. The maximum atomic E-state index is 13.6. The minimum atomic E-state index is -0.738. The van der Waals surface area contributed by atoms with Gasteiger partial charge in [-0.05, 0) is 69.2 Å². The summed E-state index contributed by atoms with van der Waals surface area (Å²) in [5, 5.41) is 11.2. The van der Waals surface area contributed by atoms with Crippen molar-refractivity contribution < 1.29 is 14.2 Å². The number of thioether (sulfide) groups is 2. The predicted octanol–water partition coefficient (Wildman–Crippen LogP) is 5.35. The molecule has 0 radical (unpaired) electrons. The highest BCUT2D eigenvalue weighted by Crippen LogP contribution is 2.57. The molecule has 0 saturated carbocycles. The van der Waals surface area contributed by atoms with Crippen LogP contribution in [0.5, 0.6) is 5.75 Å². The second kappa shape index (κ2) is 7.68. The molecular formula is C18H18BrFO2S2. The Morgan fingerprint density at radius 2 is 1.83 bits per heavy atom. The molecule has 2 nitrogen and oxygen atoms in total. The smallest absolute Gasteiger partial charge is 0.137 e. The SMILES string of the molecule is COc1ccc(C2(C(O)c3ccc(F)c(Br)c3)SCCCS2)cc1. The third kappa shape index (κ3) is 3.47. The summed E-state index contributed by atoms with van der Waals surface area (Å²) in [6.07, 6.45) is 0.380. The van der Waals surface area contributed by atoms with Gasteiger partial charge in [-0.15, -0.1) is 23.5 Å². The lowest BCUT2D eigenvalue weighted by Crippen LogP contribution is -2.30. The van der Waals surface area contributed by atoms with Crippen molar-refractivity contribution in [2.45, 2.75) is 16.6 Å². The van der Waals surface area contributed by atoms with Crippen LogP contribution >= 0.6 is 39.5 Å². The Morgan fingerprint density at radius 1 is 1.17 bits per heavy atom. The van der Waals surface area contributed by atoms with Gasteiger partial charge in [0, 0.05) is 0 Å². The minimum Gasteiger partial charge on any atom is -0.497 e. The van der Waals surface area contributed by atoms with Crippen LogP contribution in [0.1, 0.15) is 23.7 Å². The van der Waals surface area contributed by atoms with Crippen LogP contribution in [0, 0.1) is 5.82 Å². The zero-order valence-corrected chi connectivity index (χ0v) is 16.4. The number of rotatable bonds is 4. The Hall–Kier alpha value is -0.690. The van der Waals surface area contributed by atoms with Crippen LogP contribution in [-0.4, -0.2) is 23.7 Å². The van der Waals surface area contributed by atoms with Gasteiger partial charge in [-0.1, -0.05) is 18.2 Å². The first-order valence-electron chi connectivity index (χ1n) is 7.62. The maximum absolute atomic E-state index is 13.6. The van der Waals surface area contributed by atoms with Gasteiger partial charge in [-0.25, -0.2) is 4.39 Å². The van der Waals surface area contributed by atoms with E-state index in [1.807, 2.05) is 24.3 Å². The molecular weight excluding hydrogens is 411 g/mol. The zero-order valence-electron chi connectivity index (χ0n) is 13.2. The second-order valence-corrected chi connectivity index (χ2v) is 9.32. The molecule has 2 aromatic carbocycles. The molecule has 1 saturated heterocycles. The van der Waals surface area contributed by atoms with Crippen LogP contribution in [0.3, 0.4) is 0 Å². The van der Waals surface area contributed by atoms with Crippen LogP contribution in [0.4, 0.5) is 4.39 Å². The van der Waals surface area contributed by atoms with Gasteiger partial charge in [0.05, 0.1) is 11.6 Å². The summed E-state index contributed by atoms with van der Waals surface area (Å²) in [7, 11) is 1.64. The van der Waals surface area contributed by atoms with E-state index >= 15 is 0 Å². The molecule has 0 spiro atoms. The van der Waals surface area contributed by atoms with Gasteiger partial charge in [0.2, 0.25) is 0 Å². The van der Waals surface area contributed by atoms with Crippen molar-refractivity contribution in [3.05, 3.63) is 63.9 Å². The van der Waals surface area contributed by atoms with E-state index in [0.29, 0.717) is 10.0 Å². The molecule has 1 atom stereocenters. The lowest BCUT2D eigenvalue weighted by molar-refractivity contribution is 0.163. The molecule has 1 aliphatic heterocycles. The van der Waals surface area contributed by atoms with Crippen LogP contribution in [-0.2, 0) is 4.08 Å². The summed E-state index contributed by atoms with van der Waals surface area (Å²) in [6.45, 7) is 0. The van der Waals surface area contributed by atoms with Gasteiger partial charge in [0.1, 0.15) is 21.7 Å². The van der Waals surface area contributed by atoms with Crippen LogP contribution < -0.4 is 4.74 Å². The topological polar surface area (TPSA) is 29.5 Å². The van der Waals surface area contributed by atoms with Crippen molar-refractivity contribution in [3.8, 4) is 5.75 Å². The van der Waals surface area contributed by atoms with Gasteiger partial charge in [-0.3, -0.25) is 0 Å². The van der Waals surface area contributed by atoms with Crippen molar-refractivity contribution in [2.75, 3.05) is 18.6 Å². The molecule has 0 aromatic heterocycles. The largest absolute Gasteiger partial charge is 0.497 e. The fourth-order valence-electron chi connectivity index (χ4n) is 2.76. The fraction of sp³-hybridized carbons (Fsp3) is 0.333. The quantitative estimate of drug-likeness (QED) is 0.709. The summed E-state index contributed by atoms with van der Waals surface area (Å²) in [6, 6.07) is 12.6. The highest BCUT2D eigenvalue weighted by atomic mass is 79.9. The highest BCUT2D eigenvalue weighted by molar-refractivity contribution is 9.10. The lowest BCUT2D eigenvalue weighted by Gasteiger charge is -2.40. The second-order valence-electron chi connectivity index (χ2n) is 5.52. The van der Waals surface area contributed by atoms with E-state index in [2.05, 4.69) is 15.9 Å². The average Bonchev–Trinajstić information content (AvgIpc) is 2.64. The molecule has 128 valence electrons. The average molecular weight is 429 g/mol. The first kappa shape index (κ1) is 18.1. The molecule has 1 heterocycles. The van der Waals surface area contributed by atoms with Gasteiger partial charge in [0.25, 0.3) is 0 Å². The van der Waals surface area contributed by atoms with Gasteiger partial charge in [0.15, 0.2) is 0 Å². The van der Waals surface area contributed by atoms with E-state index in [-0.39, 0.29) is 5.82 Å². The first-order chi connectivity index (χ1) is 11.6. The molecule has 1 unspecified atom stereocenters. The van der Waals surface area contributed by atoms with Crippen molar-refractivity contribution >= 4 is 39.5 Å². The Bertz CT molecular complexity index is 703. The standard InChI is InChI=1S/C18H18BrFO2S2/c1-22-14-6-4-13(5-7-14)18(23-9-2-10-24-18)17(21)12-3-8-16(20)15(19)11-12/h3-8,11,17,21H,2,9-10H2,1H3. The summed E-state index contributed by atoms with van der Waals surface area (Å²) in [5.74, 6) is 2.43. The van der Waals surface area contributed by atoms with Crippen molar-refractivity contribution in [2.24, 2.45) is 0 Å². The van der Waals surface area contributed by atoms with E-state index in [0.717, 1.165) is 29.2 Å². The van der Waals surface area contributed by atoms with Crippen LogP contribution in [0.2, 0.25) is 0 Å². The number of benzene rings is 2. The summed E-state index contributed by atoms with van der Waals surface area (Å²) < 4.78 is 18.7. The van der Waals surface area contributed by atoms with Gasteiger partial charge >= 0.3 is 0 Å². The Balaban J connectivity index is 2.02. The molecule has 1 fully saturated rings. The normalized spacial score (nSPS) is 18.2. The number of aliphatic hydroxyl groups excluding tert-OH is 1. The summed E-state index contributed by atoms with van der Waals surface area (Å²) >= 11 is 6.72. The summed E-state index contributed by atoms with van der Waals surface area (Å²) in [4.78, 5) is 0. The first-order valence-corrected chi connectivity index (χ1v) is 10.4. The molecule has 2 aromatic rings. The molecule has 3 rings (SSSR count). The summed E-state index contributed by atoms with van der Waals surface area (Å²) in [5.41, 5.74) is 1.76. The van der Waals surface area contributed by atoms with E-state index in [1.165, 1.54) is 6.07 Å². The molecule has 0 bridgehead atoms. The van der Waals surface area contributed by atoms with Crippen LogP contribution in [0.15, 0.2) is 46.9 Å². The highest BCUT2D eigenvalue weighted by Gasteiger charge is 2.43. The molecule has 0 amide bonds. The Labute approximate surface area is 158 Å². The van der Waals surface area contributed by atoms with E-state index in [9.17, 15) is 9.50 Å². The van der Waals surface area contributed by atoms with E-state index in [4.69, 9.17) is 4.74 Å². The van der Waals surface area contributed by atoms with Crippen molar-refractivity contribution in [3.63, 3.8) is 0 Å². The number of aliphatic hydroxyl groups is 1. The van der Waals surface area contributed by atoms with E-state index < -0.39 is 10.2 Å². The Morgan fingerprint density at radius 3 is 2.42 bits per heavy atom. The number of hydrogen-bond acceptors (Lipinski definition) is 4. The molecule has 1 N–H and O–H groups in total. The zero-order chi connectivity index (χ0) is 17.2. The fourth-order valence-corrected chi connectivity index (χ4v) is 6.55. The molecule has 6 heteroatoms. The molecule has 24 heavy (non-hydrogen) atoms. The van der Waals surface area contributed by atoms with Gasteiger partial charge in [-0.2, -0.15) is 0 Å². The van der Waals surface area contributed by atoms with Crippen molar-refractivity contribution in [1.82, 2.24) is 0 Å². The maximum Gasteiger partial charge on any atom is 0.137 e. The van der Waals surface area contributed by atoms with Gasteiger partial charge < -0.3 is 9.84 Å². The minimum absolute atomic E-state index is 0.326. The number of ether oxygens (including phenoxy) is 1. The predicted molar refractivity (Wildman–Crippen MR) is 103 cm³/mol. The van der Waals surface area contributed by atoms with E-state index in [1.54, 1.807) is 42.8 Å². The third-order valence-corrected chi connectivity index (χ3v) is 8.11. The number of methoxy groups -OCH3 is 1.